The van der Waals surface area contributed by atoms with Gasteiger partial charge in [-0.1, -0.05) is 83.5 Å². The number of nitrogens with zero attached hydrogens (tertiary/aromatic N) is 3. The maximum Gasteiger partial charge on any atom is 0.328 e. The Hall–Kier alpha value is -4.53. The first-order valence-corrected chi connectivity index (χ1v) is 20.4. The first kappa shape index (κ1) is 47.8. The predicted molar refractivity (Wildman–Crippen MR) is 224 cm³/mol. The number of methoxy groups -OCH3 is 3. The third-order valence-corrected chi connectivity index (χ3v) is 11.6. The average molecular weight is 809 g/mol. The minimum atomic E-state index is -0.896. The number of hydrogen-bond acceptors (Lipinski definition) is 10. The Bertz CT molecular complexity index is 1640. The molecule has 3 rings (SSSR count). The van der Waals surface area contributed by atoms with E-state index in [1.165, 1.54) is 21.3 Å². The highest BCUT2D eigenvalue weighted by Crippen LogP contribution is 2.29. The number of rotatable bonds is 22. The van der Waals surface area contributed by atoms with Crippen molar-refractivity contribution in [3.63, 3.8) is 0 Å². The summed E-state index contributed by atoms with van der Waals surface area (Å²) in [5, 5.41) is 5.72. The van der Waals surface area contributed by atoms with Crippen molar-refractivity contribution >= 4 is 35.3 Å². The SMILES string of the molecule is CC[C@H](C)[C@@H]([C@@H](CC(=O)N1CCC[C@H]1[C@H](OC)[C@@H](C)C(=O)N[C@@H](Cc1ccccc1)C(=O)OC)OC)N(C)C(=O)CNC(=O)[C@H](C(C)C)N(C)Cc1cccc(N)c1. The van der Waals surface area contributed by atoms with Crippen LogP contribution in [-0.2, 0) is 51.1 Å². The molecule has 2 aromatic rings. The van der Waals surface area contributed by atoms with Crippen LogP contribution in [0.1, 0.15) is 71.4 Å². The van der Waals surface area contributed by atoms with Crippen molar-refractivity contribution in [1.29, 1.82) is 0 Å². The zero-order chi connectivity index (χ0) is 43.1. The van der Waals surface area contributed by atoms with E-state index in [9.17, 15) is 24.0 Å². The Morgan fingerprint density at radius 3 is 2.17 bits per heavy atom. The summed E-state index contributed by atoms with van der Waals surface area (Å²) < 4.78 is 16.9. The van der Waals surface area contributed by atoms with Gasteiger partial charge in [0.15, 0.2) is 0 Å². The van der Waals surface area contributed by atoms with E-state index in [1.54, 1.807) is 23.8 Å². The molecule has 0 unspecified atom stereocenters. The molecule has 1 saturated heterocycles. The molecule has 1 heterocycles. The lowest BCUT2D eigenvalue weighted by atomic mass is 9.90. The molecule has 0 saturated carbocycles. The van der Waals surface area contributed by atoms with Crippen LogP contribution >= 0.6 is 0 Å². The molecule has 0 aliphatic carbocycles. The fourth-order valence-corrected chi connectivity index (χ4v) is 8.30. The topological polar surface area (TPSA) is 173 Å². The Labute approximate surface area is 345 Å². The van der Waals surface area contributed by atoms with Crippen LogP contribution in [0.2, 0.25) is 0 Å². The predicted octanol–water partition coefficient (Wildman–Crippen LogP) is 3.66. The van der Waals surface area contributed by atoms with Crippen LogP contribution in [0.15, 0.2) is 54.6 Å². The van der Waals surface area contributed by atoms with Crippen molar-refractivity contribution in [2.45, 2.75) is 110 Å². The standard InChI is InChI=1S/C44H68N6O8/c1-11-29(4)40(49(7)38(52)26-46-43(54)39(28(2)3)48(6)27-32-19-15-20-33(45)23-32)36(56-8)25-37(51)50-22-16-21-35(50)41(57-9)30(5)42(53)47-34(44(55)58-10)24-31-17-13-12-14-18-31/h12-15,17-20,23,28-30,34-36,39-41H,11,16,21-22,24-27,45H2,1-10H3,(H,46,54)(H,47,53)/t29-,30+,34-,35-,36+,39-,40-,41+/m0/s1. The second-order valence-electron chi connectivity index (χ2n) is 16.0. The molecular weight excluding hydrogens is 741 g/mol. The summed E-state index contributed by atoms with van der Waals surface area (Å²) in [5.41, 5.74) is 8.47. The van der Waals surface area contributed by atoms with E-state index in [0.29, 0.717) is 31.6 Å². The van der Waals surface area contributed by atoms with E-state index < -0.39 is 48.3 Å². The van der Waals surface area contributed by atoms with Crippen LogP contribution in [0.3, 0.4) is 0 Å². The van der Waals surface area contributed by atoms with Gasteiger partial charge in [-0.3, -0.25) is 24.1 Å². The number of ether oxygens (including phenoxy) is 3. The van der Waals surface area contributed by atoms with Crippen LogP contribution in [-0.4, -0.2) is 129 Å². The summed E-state index contributed by atoms with van der Waals surface area (Å²) in [4.78, 5) is 73.1. The van der Waals surface area contributed by atoms with E-state index in [1.807, 2.05) is 94.2 Å². The number of anilines is 1. The molecule has 1 aliphatic rings. The van der Waals surface area contributed by atoms with Crippen LogP contribution in [0.4, 0.5) is 5.69 Å². The van der Waals surface area contributed by atoms with Gasteiger partial charge < -0.3 is 40.4 Å². The van der Waals surface area contributed by atoms with Crippen molar-refractivity contribution in [3.05, 3.63) is 65.7 Å². The molecule has 4 amide bonds. The maximum absolute atomic E-state index is 14.2. The Kier molecular flexibility index (Phi) is 19.1. The normalized spacial score (nSPS) is 17.8. The second-order valence-corrected chi connectivity index (χ2v) is 16.0. The number of carbonyl (C=O) groups excluding carboxylic acids is 5. The van der Waals surface area contributed by atoms with Crippen molar-refractivity contribution in [2.75, 3.05) is 54.2 Å². The fraction of sp³-hybridized carbons (Fsp3) is 0.614. The molecular formula is C44H68N6O8. The molecule has 8 atom stereocenters. The Balaban J connectivity index is 1.70. The van der Waals surface area contributed by atoms with Crippen LogP contribution in [0, 0.1) is 17.8 Å². The molecule has 0 bridgehead atoms. The smallest absolute Gasteiger partial charge is 0.328 e. The summed E-state index contributed by atoms with van der Waals surface area (Å²) in [6, 6.07) is 14.6. The highest BCUT2D eigenvalue weighted by molar-refractivity contribution is 5.88. The van der Waals surface area contributed by atoms with E-state index in [0.717, 1.165) is 17.5 Å². The molecule has 0 radical (unpaired) electrons. The Morgan fingerprint density at radius 1 is 0.914 bits per heavy atom. The van der Waals surface area contributed by atoms with Gasteiger partial charge in [-0.2, -0.15) is 0 Å². The molecule has 1 aliphatic heterocycles. The van der Waals surface area contributed by atoms with Gasteiger partial charge in [0.25, 0.3) is 0 Å². The quantitative estimate of drug-likeness (QED) is 0.118. The lowest BCUT2D eigenvalue weighted by Crippen LogP contribution is -2.55. The summed E-state index contributed by atoms with van der Waals surface area (Å²) in [5.74, 6) is -2.45. The van der Waals surface area contributed by atoms with Gasteiger partial charge >= 0.3 is 5.97 Å². The summed E-state index contributed by atoms with van der Waals surface area (Å²) in [7, 11) is 7.91. The van der Waals surface area contributed by atoms with Gasteiger partial charge in [0.05, 0.1) is 56.3 Å². The van der Waals surface area contributed by atoms with E-state index in [-0.39, 0.29) is 54.9 Å². The monoisotopic (exact) mass is 809 g/mol. The zero-order valence-corrected chi connectivity index (χ0v) is 36.2. The number of likely N-dealkylation sites (tertiary alicyclic amines) is 1. The molecule has 322 valence electrons. The average Bonchev–Trinajstić information content (AvgIpc) is 3.69. The van der Waals surface area contributed by atoms with E-state index in [2.05, 4.69) is 10.6 Å². The third kappa shape index (κ3) is 13.0. The first-order chi connectivity index (χ1) is 27.6. The number of hydrogen-bond donors (Lipinski definition) is 3. The van der Waals surface area contributed by atoms with Crippen molar-refractivity contribution in [3.8, 4) is 0 Å². The van der Waals surface area contributed by atoms with Crippen LogP contribution in [0.25, 0.3) is 0 Å². The molecule has 1 fully saturated rings. The van der Waals surface area contributed by atoms with Gasteiger partial charge in [0, 0.05) is 46.5 Å². The molecule has 58 heavy (non-hydrogen) atoms. The number of nitrogens with two attached hydrogens (primary N) is 1. The number of benzene rings is 2. The van der Waals surface area contributed by atoms with Crippen LogP contribution < -0.4 is 16.4 Å². The molecule has 2 aromatic carbocycles. The third-order valence-electron chi connectivity index (χ3n) is 11.6. The lowest BCUT2D eigenvalue weighted by molar-refractivity contribution is -0.148. The minimum Gasteiger partial charge on any atom is -0.467 e. The summed E-state index contributed by atoms with van der Waals surface area (Å²) >= 11 is 0. The van der Waals surface area contributed by atoms with E-state index in [4.69, 9.17) is 19.9 Å². The van der Waals surface area contributed by atoms with Gasteiger partial charge in [-0.25, -0.2) is 4.79 Å². The molecule has 0 aromatic heterocycles. The van der Waals surface area contributed by atoms with E-state index >= 15 is 0 Å². The summed E-state index contributed by atoms with van der Waals surface area (Å²) in [6.45, 7) is 10.5. The maximum atomic E-state index is 14.2. The van der Waals surface area contributed by atoms with Gasteiger partial charge in [0.2, 0.25) is 23.6 Å². The van der Waals surface area contributed by atoms with Gasteiger partial charge in [-0.05, 0) is 55.0 Å². The number of likely N-dealkylation sites (N-methyl/N-ethyl adjacent to an activating group) is 2. The van der Waals surface area contributed by atoms with Gasteiger partial charge in [-0.15, -0.1) is 0 Å². The molecule has 14 nitrogen and oxygen atoms in total. The van der Waals surface area contributed by atoms with Gasteiger partial charge in [0.1, 0.15) is 6.04 Å². The fourth-order valence-electron chi connectivity index (χ4n) is 8.30. The highest BCUT2D eigenvalue weighted by Gasteiger charge is 2.42. The van der Waals surface area contributed by atoms with Crippen molar-refractivity contribution in [1.82, 2.24) is 25.3 Å². The minimum absolute atomic E-state index is 0.00525. The number of nitrogen functional groups attached to an aromatic ring is 1. The number of carbonyl (C=O) groups is 5. The number of amides is 4. The second kappa shape index (κ2) is 23.2. The first-order valence-electron chi connectivity index (χ1n) is 20.4. The molecule has 14 heteroatoms. The van der Waals surface area contributed by atoms with Crippen molar-refractivity contribution in [2.24, 2.45) is 17.8 Å². The number of esters is 1. The zero-order valence-electron chi connectivity index (χ0n) is 36.2. The van der Waals surface area contributed by atoms with Crippen LogP contribution in [0.5, 0.6) is 0 Å². The lowest BCUT2D eigenvalue weighted by Gasteiger charge is -2.39. The van der Waals surface area contributed by atoms with Crippen molar-refractivity contribution < 1.29 is 38.2 Å². The molecule has 4 N–H and O–H groups in total. The highest BCUT2D eigenvalue weighted by atomic mass is 16.5. The number of nitrogens with one attached hydrogen (secondary N) is 2. The largest absolute Gasteiger partial charge is 0.467 e. The molecule has 0 spiro atoms. The Morgan fingerprint density at radius 2 is 1.59 bits per heavy atom. The summed E-state index contributed by atoms with van der Waals surface area (Å²) in [6.07, 6.45) is 1.02.